The van der Waals surface area contributed by atoms with Crippen molar-refractivity contribution in [1.29, 1.82) is 0 Å². The number of rotatable bonds is 2. The minimum atomic E-state index is -0.921. The van der Waals surface area contributed by atoms with Gasteiger partial charge >= 0.3 is 5.97 Å². The molecule has 0 aliphatic rings. The van der Waals surface area contributed by atoms with Crippen molar-refractivity contribution in [2.45, 2.75) is 19.9 Å². The van der Waals surface area contributed by atoms with E-state index < -0.39 is 12.0 Å². The Labute approximate surface area is 77.5 Å². The van der Waals surface area contributed by atoms with Crippen LogP contribution in [0.5, 0.6) is 0 Å². The predicted molar refractivity (Wildman–Crippen MR) is 44.8 cm³/mol. The van der Waals surface area contributed by atoms with Crippen LogP contribution in [0.3, 0.4) is 0 Å². The van der Waals surface area contributed by atoms with Crippen molar-refractivity contribution < 1.29 is 9.90 Å². The second-order valence-electron chi connectivity index (χ2n) is 2.42. The third kappa shape index (κ3) is 1.47. The van der Waals surface area contributed by atoms with Crippen LogP contribution in [-0.4, -0.2) is 26.1 Å². The van der Waals surface area contributed by atoms with E-state index in [9.17, 15) is 4.79 Å². The number of aliphatic carboxylic acids is 1. The van der Waals surface area contributed by atoms with E-state index in [0.717, 1.165) is 0 Å². The van der Waals surface area contributed by atoms with Gasteiger partial charge in [-0.25, -0.2) is 9.48 Å². The molecule has 1 atom stereocenters. The highest BCUT2D eigenvalue weighted by Gasteiger charge is 2.17. The highest BCUT2D eigenvalue weighted by molar-refractivity contribution is 9.10. The summed E-state index contributed by atoms with van der Waals surface area (Å²) in [7, 11) is 0. The summed E-state index contributed by atoms with van der Waals surface area (Å²) in [5.74, 6) is -0.921. The van der Waals surface area contributed by atoms with E-state index in [-0.39, 0.29) is 0 Å². The highest BCUT2D eigenvalue weighted by atomic mass is 79.9. The molecule has 0 radical (unpaired) electrons. The SMILES string of the molecule is Cc1c(Br)nnn1C(C)C(=O)O. The molecular weight excluding hydrogens is 226 g/mol. The van der Waals surface area contributed by atoms with Crippen molar-refractivity contribution in [1.82, 2.24) is 15.0 Å². The highest BCUT2D eigenvalue weighted by Crippen LogP contribution is 2.15. The Morgan fingerprint density at radius 1 is 1.75 bits per heavy atom. The van der Waals surface area contributed by atoms with Gasteiger partial charge in [0.25, 0.3) is 0 Å². The number of hydrogen-bond donors (Lipinski definition) is 1. The molecule has 1 aromatic rings. The summed E-state index contributed by atoms with van der Waals surface area (Å²) in [6.45, 7) is 3.31. The van der Waals surface area contributed by atoms with Gasteiger partial charge in [-0.1, -0.05) is 5.21 Å². The molecule has 0 spiro atoms. The predicted octanol–water partition coefficient (Wildman–Crippen LogP) is 0.995. The lowest BCUT2D eigenvalue weighted by Gasteiger charge is -2.06. The van der Waals surface area contributed by atoms with Gasteiger partial charge in [-0.15, -0.1) is 5.10 Å². The largest absolute Gasteiger partial charge is 0.480 e. The number of halogens is 1. The second-order valence-corrected chi connectivity index (χ2v) is 3.18. The number of aromatic nitrogens is 3. The summed E-state index contributed by atoms with van der Waals surface area (Å²) in [4.78, 5) is 10.6. The fourth-order valence-corrected chi connectivity index (χ4v) is 1.05. The van der Waals surface area contributed by atoms with Gasteiger partial charge in [0, 0.05) is 0 Å². The van der Waals surface area contributed by atoms with Gasteiger partial charge < -0.3 is 5.11 Å². The molecular formula is C6H8BrN3O2. The zero-order chi connectivity index (χ0) is 9.30. The second kappa shape index (κ2) is 3.22. The molecule has 0 fully saturated rings. The van der Waals surface area contributed by atoms with E-state index in [0.29, 0.717) is 10.3 Å². The molecule has 0 saturated heterocycles. The van der Waals surface area contributed by atoms with Crippen molar-refractivity contribution in [3.05, 3.63) is 10.3 Å². The Bertz CT molecular complexity index is 310. The zero-order valence-electron chi connectivity index (χ0n) is 6.65. The summed E-state index contributed by atoms with van der Waals surface area (Å²) in [5, 5.41) is 16.0. The van der Waals surface area contributed by atoms with Gasteiger partial charge in [-0.05, 0) is 29.8 Å². The first-order valence-corrected chi connectivity index (χ1v) is 4.13. The van der Waals surface area contributed by atoms with Crippen LogP contribution in [0.2, 0.25) is 0 Å². The number of carboxylic acids is 1. The Hall–Kier alpha value is -0.910. The van der Waals surface area contributed by atoms with Crippen LogP contribution in [0, 0.1) is 6.92 Å². The van der Waals surface area contributed by atoms with Crippen LogP contribution in [0.4, 0.5) is 0 Å². The number of nitrogens with zero attached hydrogens (tertiary/aromatic N) is 3. The average Bonchev–Trinajstić information content (AvgIpc) is 2.32. The van der Waals surface area contributed by atoms with E-state index >= 15 is 0 Å². The van der Waals surface area contributed by atoms with Gasteiger partial charge in [-0.3, -0.25) is 0 Å². The normalized spacial score (nSPS) is 12.9. The number of hydrogen-bond acceptors (Lipinski definition) is 3. The lowest BCUT2D eigenvalue weighted by Crippen LogP contribution is -2.17. The molecule has 0 amide bonds. The Morgan fingerprint density at radius 2 is 2.33 bits per heavy atom. The first-order valence-electron chi connectivity index (χ1n) is 3.34. The fraction of sp³-hybridized carbons (Fsp3) is 0.500. The molecule has 6 heteroatoms. The van der Waals surface area contributed by atoms with E-state index in [2.05, 4.69) is 26.2 Å². The average molecular weight is 234 g/mol. The van der Waals surface area contributed by atoms with Gasteiger partial charge in [0.2, 0.25) is 0 Å². The standard InChI is InChI=1S/C6H8BrN3O2/c1-3-5(7)8-9-10(3)4(2)6(11)12/h4H,1-2H3,(H,11,12). The lowest BCUT2D eigenvalue weighted by atomic mass is 10.3. The van der Waals surface area contributed by atoms with Crippen molar-refractivity contribution >= 4 is 21.9 Å². The molecule has 0 bridgehead atoms. The maximum atomic E-state index is 10.6. The third-order valence-corrected chi connectivity index (χ3v) is 2.33. The Morgan fingerprint density at radius 3 is 2.67 bits per heavy atom. The quantitative estimate of drug-likeness (QED) is 0.828. The Kier molecular flexibility index (Phi) is 2.46. The van der Waals surface area contributed by atoms with Gasteiger partial charge in [0.1, 0.15) is 6.04 Å². The first-order chi connectivity index (χ1) is 5.54. The van der Waals surface area contributed by atoms with Gasteiger partial charge in [0.05, 0.1) is 5.69 Å². The van der Waals surface area contributed by atoms with Crippen LogP contribution in [0.15, 0.2) is 4.60 Å². The van der Waals surface area contributed by atoms with E-state index in [1.54, 1.807) is 13.8 Å². The molecule has 1 rings (SSSR count). The van der Waals surface area contributed by atoms with Crippen molar-refractivity contribution in [2.24, 2.45) is 0 Å². The molecule has 0 aliphatic carbocycles. The van der Waals surface area contributed by atoms with E-state index in [4.69, 9.17) is 5.11 Å². The molecule has 12 heavy (non-hydrogen) atoms. The topological polar surface area (TPSA) is 68.0 Å². The molecule has 1 N–H and O–H groups in total. The van der Waals surface area contributed by atoms with Gasteiger partial charge in [0.15, 0.2) is 4.60 Å². The van der Waals surface area contributed by atoms with Crippen LogP contribution >= 0.6 is 15.9 Å². The summed E-state index contributed by atoms with van der Waals surface area (Å²) < 4.78 is 1.93. The maximum Gasteiger partial charge on any atom is 0.328 e. The van der Waals surface area contributed by atoms with Crippen LogP contribution < -0.4 is 0 Å². The molecule has 66 valence electrons. The summed E-state index contributed by atoms with van der Waals surface area (Å²) in [6.07, 6.45) is 0. The van der Waals surface area contributed by atoms with E-state index in [1.165, 1.54) is 4.68 Å². The summed E-state index contributed by atoms with van der Waals surface area (Å²) in [6, 6.07) is -0.677. The molecule has 1 unspecified atom stereocenters. The molecule has 0 saturated carbocycles. The Balaban J connectivity index is 3.03. The summed E-state index contributed by atoms with van der Waals surface area (Å²) >= 11 is 3.15. The van der Waals surface area contributed by atoms with Crippen molar-refractivity contribution in [2.75, 3.05) is 0 Å². The number of carboxylic acid groups (broad SMARTS) is 1. The lowest BCUT2D eigenvalue weighted by molar-refractivity contribution is -0.140. The monoisotopic (exact) mass is 233 g/mol. The minimum absolute atomic E-state index is 0.579. The van der Waals surface area contributed by atoms with Crippen molar-refractivity contribution in [3.63, 3.8) is 0 Å². The molecule has 1 heterocycles. The van der Waals surface area contributed by atoms with Gasteiger partial charge in [-0.2, -0.15) is 0 Å². The van der Waals surface area contributed by atoms with Crippen LogP contribution in [0.1, 0.15) is 18.7 Å². The van der Waals surface area contributed by atoms with Crippen LogP contribution in [0.25, 0.3) is 0 Å². The number of carbonyl (C=O) groups is 1. The van der Waals surface area contributed by atoms with Crippen LogP contribution in [-0.2, 0) is 4.79 Å². The first kappa shape index (κ1) is 9.18. The maximum absolute atomic E-state index is 10.6. The molecule has 1 aromatic heterocycles. The molecule has 5 nitrogen and oxygen atoms in total. The zero-order valence-corrected chi connectivity index (χ0v) is 8.24. The molecule has 0 aromatic carbocycles. The fourth-order valence-electron chi connectivity index (χ4n) is 0.794. The molecule has 0 aliphatic heterocycles. The van der Waals surface area contributed by atoms with Crippen molar-refractivity contribution in [3.8, 4) is 0 Å². The third-order valence-electron chi connectivity index (χ3n) is 1.60. The smallest absolute Gasteiger partial charge is 0.328 e. The van der Waals surface area contributed by atoms with E-state index in [1.807, 2.05) is 0 Å². The summed E-state index contributed by atoms with van der Waals surface area (Å²) in [5.41, 5.74) is 0.713. The minimum Gasteiger partial charge on any atom is -0.480 e.